The molecule has 1 aliphatic heterocycles. The number of carbonyl (C=O) groups is 2. The van der Waals surface area contributed by atoms with Gasteiger partial charge in [-0.25, -0.2) is 17.5 Å². The smallest absolute Gasteiger partial charge is 0.341 e. The molecule has 2 aromatic rings. The molecule has 0 saturated carbocycles. The molecule has 10 heteroatoms. The molecule has 2 aromatic carbocycles. The van der Waals surface area contributed by atoms with Gasteiger partial charge < -0.3 is 20.1 Å². The number of rotatable bonds is 9. The molecule has 1 amide bonds. The third kappa shape index (κ3) is 5.94. The lowest BCUT2D eigenvalue weighted by molar-refractivity contribution is -0.142. The van der Waals surface area contributed by atoms with E-state index in [1.54, 1.807) is 35.2 Å². The van der Waals surface area contributed by atoms with E-state index in [1.807, 2.05) is 0 Å². The van der Waals surface area contributed by atoms with Crippen molar-refractivity contribution in [1.82, 2.24) is 9.21 Å². The zero-order valence-corrected chi connectivity index (χ0v) is 20.3. The Kier molecular flexibility index (Phi) is 8.65. The molecular weight excluding hydrogens is 458 g/mol. The molecule has 9 nitrogen and oxygen atoms in total. The van der Waals surface area contributed by atoms with Crippen LogP contribution in [0.4, 0.5) is 5.69 Å². The Morgan fingerprint density at radius 2 is 1.76 bits per heavy atom. The summed E-state index contributed by atoms with van der Waals surface area (Å²) in [5.74, 6) is -1.14. The Bertz CT molecular complexity index is 1100. The maximum atomic E-state index is 13.3. The van der Waals surface area contributed by atoms with Gasteiger partial charge in [0.1, 0.15) is 0 Å². The number of anilines is 1. The fourth-order valence-electron chi connectivity index (χ4n) is 3.75. The summed E-state index contributed by atoms with van der Waals surface area (Å²) in [6, 6.07) is 12.8. The molecule has 0 spiro atoms. The summed E-state index contributed by atoms with van der Waals surface area (Å²) in [4.78, 5) is 28.3. The average molecular weight is 490 g/mol. The van der Waals surface area contributed by atoms with Crippen molar-refractivity contribution in [2.45, 2.75) is 30.3 Å². The Morgan fingerprint density at radius 3 is 2.38 bits per heavy atom. The van der Waals surface area contributed by atoms with E-state index in [0.29, 0.717) is 24.3 Å². The van der Waals surface area contributed by atoms with E-state index < -0.39 is 22.1 Å². The molecule has 1 unspecified atom stereocenters. The van der Waals surface area contributed by atoms with Crippen molar-refractivity contribution in [1.29, 1.82) is 0 Å². The summed E-state index contributed by atoms with van der Waals surface area (Å²) >= 11 is 0. The van der Waals surface area contributed by atoms with Crippen LogP contribution in [0.2, 0.25) is 0 Å². The molecule has 1 aliphatic rings. The number of carbonyl (C=O) groups excluding carboxylic acids is 2. The fraction of sp³-hybridized carbons (Fsp3) is 0.417. The lowest BCUT2D eigenvalue weighted by atomic mass is 10.1. The van der Waals surface area contributed by atoms with E-state index in [0.717, 1.165) is 23.6 Å². The summed E-state index contributed by atoms with van der Waals surface area (Å²) in [6.45, 7) is 1.15. The number of hydrogen-bond donors (Lipinski definition) is 2. The van der Waals surface area contributed by atoms with Crippen LogP contribution in [0.5, 0.6) is 0 Å². The number of nitrogens with one attached hydrogen (secondary N) is 1. The van der Waals surface area contributed by atoms with E-state index in [9.17, 15) is 23.1 Å². The minimum atomic E-state index is -3.81. The lowest BCUT2D eigenvalue weighted by Gasteiger charge is -2.30. The van der Waals surface area contributed by atoms with Gasteiger partial charge in [-0.1, -0.05) is 30.3 Å². The zero-order valence-electron chi connectivity index (χ0n) is 19.4. The number of likely N-dealkylation sites (tertiary alicyclic amines) is 1. The van der Waals surface area contributed by atoms with E-state index in [4.69, 9.17) is 4.74 Å². The van der Waals surface area contributed by atoms with Crippen molar-refractivity contribution in [3.05, 3.63) is 59.7 Å². The number of aliphatic hydroxyl groups excluding tert-OH is 1. The Morgan fingerprint density at radius 1 is 1.09 bits per heavy atom. The molecule has 0 aromatic heterocycles. The van der Waals surface area contributed by atoms with Crippen molar-refractivity contribution in [3.8, 4) is 0 Å². The quantitative estimate of drug-likeness (QED) is 0.519. The number of hydrogen-bond acceptors (Lipinski definition) is 7. The number of amides is 1. The number of benzene rings is 2. The second kappa shape index (κ2) is 11.5. The minimum Gasteiger partial charge on any atom is -0.444 e. The molecule has 0 bridgehead atoms. The molecule has 0 radical (unpaired) electrons. The topological polar surface area (TPSA) is 116 Å². The summed E-state index contributed by atoms with van der Waals surface area (Å²) in [5, 5.41) is 12.1. The molecule has 3 rings (SSSR count). The summed E-state index contributed by atoms with van der Waals surface area (Å²) in [7, 11) is -1.02. The van der Waals surface area contributed by atoms with Gasteiger partial charge in [0, 0.05) is 45.0 Å². The molecule has 184 valence electrons. The molecule has 1 fully saturated rings. The SMILES string of the molecule is CN(C)S(=O)(=O)c1ccc(NCCO)c(C(=O)OC(C(=O)N2CCCCC2)c2ccccc2)c1. The van der Waals surface area contributed by atoms with Gasteiger partial charge in [0.05, 0.1) is 17.1 Å². The number of aliphatic hydroxyl groups is 1. The average Bonchev–Trinajstić information content (AvgIpc) is 2.86. The first kappa shape index (κ1) is 25.7. The molecule has 1 heterocycles. The highest BCUT2D eigenvalue weighted by Crippen LogP contribution is 2.28. The first-order valence-corrected chi connectivity index (χ1v) is 12.7. The third-order valence-electron chi connectivity index (χ3n) is 5.64. The largest absolute Gasteiger partial charge is 0.444 e. The van der Waals surface area contributed by atoms with Crippen molar-refractivity contribution in [2.24, 2.45) is 0 Å². The van der Waals surface area contributed by atoms with Crippen LogP contribution in [0.1, 0.15) is 41.3 Å². The van der Waals surface area contributed by atoms with Crippen molar-refractivity contribution in [2.75, 3.05) is 45.7 Å². The van der Waals surface area contributed by atoms with E-state index in [1.165, 1.54) is 32.3 Å². The summed E-state index contributed by atoms with van der Waals surface area (Å²) in [6.07, 6.45) is 1.67. The van der Waals surface area contributed by atoms with Crippen LogP contribution in [0.3, 0.4) is 0 Å². The van der Waals surface area contributed by atoms with Gasteiger partial charge in [-0.2, -0.15) is 0 Å². The van der Waals surface area contributed by atoms with Crippen molar-refractivity contribution >= 4 is 27.6 Å². The van der Waals surface area contributed by atoms with E-state index in [-0.39, 0.29) is 29.5 Å². The van der Waals surface area contributed by atoms with Crippen LogP contribution in [-0.4, -0.2) is 74.9 Å². The molecular formula is C24H31N3O6S. The van der Waals surface area contributed by atoms with Crippen LogP contribution in [0.25, 0.3) is 0 Å². The normalized spacial score (nSPS) is 15.1. The van der Waals surface area contributed by atoms with Gasteiger partial charge >= 0.3 is 5.97 Å². The monoisotopic (exact) mass is 489 g/mol. The predicted octanol–water partition coefficient (Wildman–Crippen LogP) is 2.25. The highest BCUT2D eigenvalue weighted by atomic mass is 32.2. The van der Waals surface area contributed by atoms with Gasteiger partial charge in [0.25, 0.3) is 5.91 Å². The third-order valence-corrected chi connectivity index (χ3v) is 7.45. The highest BCUT2D eigenvalue weighted by molar-refractivity contribution is 7.89. The first-order valence-electron chi connectivity index (χ1n) is 11.2. The second-order valence-electron chi connectivity index (χ2n) is 8.23. The number of esters is 1. The molecule has 2 N–H and O–H groups in total. The maximum absolute atomic E-state index is 13.3. The number of piperidine rings is 1. The standard InChI is InChI=1S/C24H31N3O6S/c1-26(2)34(31,32)19-11-12-21(25-13-16-28)20(17-19)24(30)33-22(18-9-5-3-6-10-18)23(29)27-14-7-4-8-15-27/h3,5-6,9-12,17,22,25,28H,4,7-8,13-16H2,1-2H3. The van der Waals surface area contributed by atoms with E-state index in [2.05, 4.69) is 5.32 Å². The molecule has 1 saturated heterocycles. The van der Waals surface area contributed by atoms with Crippen LogP contribution in [-0.2, 0) is 19.6 Å². The maximum Gasteiger partial charge on any atom is 0.341 e. The van der Waals surface area contributed by atoms with Crippen LogP contribution in [0.15, 0.2) is 53.4 Å². The number of ether oxygens (including phenoxy) is 1. The fourth-order valence-corrected chi connectivity index (χ4v) is 4.68. The highest BCUT2D eigenvalue weighted by Gasteiger charge is 2.32. The molecule has 0 aliphatic carbocycles. The van der Waals surface area contributed by atoms with Gasteiger partial charge in [0.2, 0.25) is 16.1 Å². The lowest BCUT2D eigenvalue weighted by Crippen LogP contribution is -2.40. The van der Waals surface area contributed by atoms with Gasteiger partial charge in [-0.15, -0.1) is 0 Å². The van der Waals surface area contributed by atoms with Crippen molar-refractivity contribution < 1.29 is 27.9 Å². The van der Waals surface area contributed by atoms with E-state index >= 15 is 0 Å². The number of nitrogens with zero attached hydrogens (tertiary/aromatic N) is 2. The van der Waals surface area contributed by atoms with Crippen LogP contribution in [0, 0.1) is 0 Å². The van der Waals surface area contributed by atoms with Gasteiger partial charge in [-0.3, -0.25) is 4.79 Å². The van der Waals surface area contributed by atoms with Crippen molar-refractivity contribution in [3.63, 3.8) is 0 Å². The minimum absolute atomic E-state index is 0.0382. The molecule has 1 atom stereocenters. The Hall–Kier alpha value is -2.95. The van der Waals surface area contributed by atoms with Crippen LogP contribution < -0.4 is 5.32 Å². The predicted molar refractivity (Wildman–Crippen MR) is 128 cm³/mol. The number of sulfonamides is 1. The first-order chi connectivity index (χ1) is 16.3. The second-order valence-corrected chi connectivity index (χ2v) is 10.4. The zero-order chi connectivity index (χ0) is 24.7. The Labute approximate surface area is 200 Å². The molecule has 34 heavy (non-hydrogen) atoms. The van der Waals surface area contributed by atoms with Gasteiger partial charge in [0.15, 0.2) is 0 Å². The summed E-state index contributed by atoms with van der Waals surface area (Å²) in [5.41, 5.74) is 0.797. The Balaban J connectivity index is 1.98. The van der Waals surface area contributed by atoms with Gasteiger partial charge in [-0.05, 0) is 37.5 Å². The summed E-state index contributed by atoms with van der Waals surface area (Å²) < 4.78 is 32.1. The van der Waals surface area contributed by atoms with Crippen LogP contribution >= 0.6 is 0 Å².